The Morgan fingerprint density at radius 3 is 2.56 bits per heavy atom. The highest BCUT2D eigenvalue weighted by atomic mass is 19.1. The van der Waals surface area contributed by atoms with Crippen LogP contribution in [0.5, 0.6) is 11.5 Å². The number of carbonyl (C=O) groups excluding carboxylic acids is 4. The van der Waals surface area contributed by atoms with Gasteiger partial charge in [0, 0.05) is 29.1 Å². The number of fused-ring (bicyclic) bond motifs is 3. The molecule has 1 aromatic carbocycles. The van der Waals surface area contributed by atoms with Crippen LogP contribution in [0.25, 0.3) is 0 Å². The number of phenols is 1. The summed E-state index contributed by atoms with van der Waals surface area (Å²) in [5.41, 5.74) is 2.95. The van der Waals surface area contributed by atoms with Crippen molar-refractivity contribution < 1.29 is 38.5 Å². The molecule has 12 heteroatoms. The number of hydrogen-bond donors (Lipinski definition) is 5. The van der Waals surface area contributed by atoms with Crippen LogP contribution in [0.4, 0.5) is 4.39 Å². The lowest BCUT2D eigenvalue weighted by Crippen LogP contribution is -2.73. The molecule has 39 heavy (non-hydrogen) atoms. The number of amides is 1. The standard InChI is InChI=1S/C27H33FN4O7/c1-32(2)20-14-7-10-6-13-18(16(33)8-12(23(13)39-3)15-5-4-11(9-28)31-15)21(34)17(10)25(36)27(14,38)24(29)19(22(20)35)26(30)37/h8,10-11,14-15,17,19-20,29,31,33,38H,4-7,9H2,1-3H3,(H2,30,37). The molecule has 0 bridgehead atoms. The van der Waals surface area contributed by atoms with Crippen LogP contribution < -0.4 is 15.8 Å². The lowest BCUT2D eigenvalue weighted by Gasteiger charge is -2.53. The summed E-state index contributed by atoms with van der Waals surface area (Å²) in [6.45, 7) is -0.540. The highest BCUT2D eigenvalue weighted by molar-refractivity contribution is 6.33. The SMILES string of the molecule is COc1c(C2CCC(CF)N2)cc(O)c2c1CC1CC3C(N(C)C)C(=O)C(C(N)=O)C(=N)C3(O)C(=O)C1C2=O. The fourth-order valence-corrected chi connectivity index (χ4v) is 7.42. The normalized spacial score (nSPS) is 36.0. The van der Waals surface area contributed by atoms with Crippen LogP contribution in [-0.4, -0.2) is 89.6 Å². The number of nitrogens with zero attached hydrogens (tertiary/aromatic N) is 1. The zero-order valence-corrected chi connectivity index (χ0v) is 22.0. The van der Waals surface area contributed by atoms with Gasteiger partial charge in [-0.05, 0) is 51.8 Å². The van der Waals surface area contributed by atoms with E-state index in [-0.39, 0.29) is 36.2 Å². The summed E-state index contributed by atoms with van der Waals surface area (Å²) < 4.78 is 19.0. The fourth-order valence-electron chi connectivity index (χ4n) is 7.42. The first-order valence-electron chi connectivity index (χ1n) is 13.0. The van der Waals surface area contributed by atoms with Crippen molar-refractivity contribution in [2.24, 2.45) is 29.4 Å². The molecule has 0 radical (unpaired) electrons. The molecule has 11 nitrogen and oxygen atoms in total. The maximum atomic E-state index is 13.9. The minimum Gasteiger partial charge on any atom is -0.507 e. The largest absolute Gasteiger partial charge is 0.507 e. The lowest BCUT2D eigenvalue weighted by atomic mass is 9.52. The van der Waals surface area contributed by atoms with E-state index >= 15 is 0 Å². The van der Waals surface area contributed by atoms with E-state index in [1.165, 1.54) is 18.1 Å². The van der Waals surface area contributed by atoms with Gasteiger partial charge in [0.15, 0.2) is 23.0 Å². The number of primary amides is 1. The number of halogens is 1. The van der Waals surface area contributed by atoms with Crippen molar-refractivity contribution in [3.8, 4) is 11.5 Å². The lowest BCUT2D eigenvalue weighted by molar-refractivity contribution is -0.157. The Morgan fingerprint density at radius 1 is 1.31 bits per heavy atom. The Bertz CT molecular complexity index is 1300. The predicted molar refractivity (Wildman–Crippen MR) is 136 cm³/mol. The number of methoxy groups -OCH3 is 1. The first-order valence-corrected chi connectivity index (χ1v) is 13.0. The zero-order chi connectivity index (χ0) is 28.5. The number of aromatic hydroxyl groups is 1. The number of alkyl halides is 1. The van der Waals surface area contributed by atoms with Crippen LogP contribution in [0.15, 0.2) is 6.07 Å². The van der Waals surface area contributed by atoms with Crippen LogP contribution in [0.1, 0.15) is 46.8 Å². The smallest absolute Gasteiger partial charge is 0.233 e. The van der Waals surface area contributed by atoms with Crippen LogP contribution in [-0.2, 0) is 20.8 Å². The summed E-state index contributed by atoms with van der Waals surface area (Å²) in [7, 11) is 4.58. The van der Waals surface area contributed by atoms with Crippen molar-refractivity contribution in [2.45, 2.75) is 49.4 Å². The van der Waals surface area contributed by atoms with Crippen LogP contribution in [0.2, 0.25) is 0 Å². The van der Waals surface area contributed by atoms with Crippen molar-refractivity contribution in [1.29, 1.82) is 5.41 Å². The molecule has 4 aliphatic rings. The third-order valence-corrected chi connectivity index (χ3v) is 9.11. The number of ketones is 3. The number of nitrogens with one attached hydrogen (secondary N) is 2. The topological polar surface area (TPSA) is 183 Å². The van der Waals surface area contributed by atoms with Crippen molar-refractivity contribution in [3.05, 3.63) is 22.8 Å². The summed E-state index contributed by atoms with van der Waals surface area (Å²) in [6, 6.07) is -0.331. The second-order valence-corrected chi connectivity index (χ2v) is 11.4. The molecule has 1 amide bonds. The van der Waals surface area contributed by atoms with Gasteiger partial charge in [-0.1, -0.05) is 0 Å². The van der Waals surface area contributed by atoms with E-state index in [1.54, 1.807) is 14.1 Å². The molecular weight excluding hydrogens is 511 g/mol. The number of aliphatic hydroxyl groups is 1. The first kappa shape index (κ1) is 27.4. The maximum absolute atomic E-state index is 13.9. The highest BCUT2D eigenvalue weighted by Gasteiger charge is 2.67. The molecule has 6 N–H and O–H groups in total. The fraction of sp³-hybridized carbons (Fsp3) is 0.593. The van der Waals surface area contributed by atoms with Gasteiger partial charge in [-0.3, -0.25) is 24.1 Å². The van der Waals surface area contributed by atoms with Gasteiger partial charge >= 0.3 is 0 Å². The number of phenolic OH excluding ortho intramolecular Hbond substituents is 1. The molecule has 8 atom stereocenters. The number of ether oxygens (including phenoxy) is 1. The van der Waals surface area contributed by atoms with E-state index in [0.717, 1.165) is 0 Å². The highest BCUT2D eigenvalue weighted by Crippen LogP contribution is 2.53. The zero-order valence-electron chi connectivity index (χ0n) is 22.0. The summed E-state index contributed by atoms with van der Waals surface area (Å²) in [5.74, 6) is -8.44. The average molecular weight is 545 g/mol. The molecule has 1 aliphatic heterocycles. The molecule has 1 heterocycles. The van der Waals surface area contributed by atoms with Crippen LogP contribution >= 0.6 is 0 Å². The Kier molecular flexibility index (Phi) is 6.63. The molecule has 210 valence electrons. The second kappa shape index (κ2) is 9.46. The summed E-state index contributed by atoms with van der Waals surface area (Å²) in [5, 5.41) is 34.5. The summed E-state index contributed by atoms with van der Waals surface area (Å²) >= 11 is 0. The number of hydrogen-bond acceptors (Lipinski definition) is 10. The second-order valence-electron chi connectivity index (χ2n) is 11.4. The van der Waals surface area contributed by atoms with Crippen molar-refractivity contribution >= 4 is 29.0 Å². The Labute approximate surface area is 224 Å². The Balaban J connectivity index is 1.61. The Morgan fingerprint density at radius 2 is 2.00 bits per heavy atom. The van der Waals surface area contributed by atoms with Gasteiger partial charge in [0.1, 0.15) is 24.1 Å². The van der Waals surface area contributed by atoms with Gasteiger partial charge in [-0.15, -0.1) is 0 Å². The average Bonchev–Trinajstić information content (AvgIpc) is 3.35. The number of nitrogens with two attached hydrogens (primary N) is 1. The van der Waals surface area contributed by atoms with Crippen molar-refractivity contribution in [2.75, 3.05) is 27.9 Å². The molecule has 2 saturated carbocycles. The van der Waals surface area contributed by atoms with E-state index in [2.05, 4.69) is 5.32 Å². The number of carbonyl (C=O) groups is 4. The molecule has 3 fully saturated rings. The van der Waals surface area contributed by atoms with Gasteiger partial charge in [-0.25, -0.2) is 4.39 Å². The summed E-state index contributed by atoms with van der Waals surface area (Å²) in [4.78, 5) is 54.7. The van der Waals surface area contributed by atoms with Gasteiger partial charge in [0.25, 0.3) is 0 Å². The quantitative estimate of drug-likeness (QED) is 0.321. The van der Waals surface area contributed by atoms with E-state index in [4.69, 9.17) is 15.9 Å². The maximum Gasteiger partial charge on any atom is 0.233 e. The van der Waals surface area contributed by atoms with E-state index < -0.39 is 71.0 Å². The number of benzene rings is 1. The molecular formula is C27H33FN4O7. The minimum absolute atomic E-state index is 0.0281. The number of likely N-dealkylation sites (N-methyl/N-ethyl adjacent to an activating group) is 1. The third kappa shape index (κ3) is 3.75. The third-order valence-electron chi connectivity index (χ3n) is 9.11. The summed E-state index contributed by atoms with van der Waals surface area (Å²) in [6.07, 6.45) is 1.36. The minimum atomic E-state index is -2.55. The van der Waals surface area contributed by atoms with E-state index in [1.807, 2.05) is 0 Å². The molecule has 1 aromatic rings. The molecule has 0 aromatic heterocycles. The van der Waals surface area contributed by atoms with Gasteiger partial charge < -0.3 is 31.4 Å². The molecule has 0 spiro atoms. The van der Waals surface area contributed by atoms with E-state index in [9.17, 15) is 33.8 Å². The van der Waals surface area contributed by atoms with E-state index in [0.29, 0.717) is 29.7 Å². The number of Topliss-reactive ketones (excluding diaryl/α,β-unsaturated/α-hetero) is 3. The van der Waals surface area contributed by atoms with Gasteiger partial charge in [0.2, 0.25) is 5.91 Å². The predicted octanol–water partition coefficient (Wildman–Crippen LogP) is 0.0889. The van der Waals surface area contributed by atoms with Crippen LogP contribution in [0, 0.1) is 29.1 Å². The molecule has 5 rings (SSSR count). The molecule has 3 aliphatic carbocycles. The molecule has 1 saturated heterocycles. The Hall–Kier alpha value is -3.22. The van der Waals surface area contributed by atoms with Crippen LogP contribution in [0.3, 0.4) is 0 Å². The molecule has 8 unspecified atom stereocenters. The number of rotatable bonds is 5. The monoisotopic (exact) mass is 544 g/mol. The van der Waals surface area contributed by atoms with Gasteiger partial charge in [0.05, 0.1) is 30.3 Å². The van der Waals surface area contributed by atoms with Crippen molar-refractivity contribution in [3.63, 3.8) is 0 Å². The first-order chi connectivity index (χ1) is 18.4. The van der Waals surface area contributed by atoms with Crippen molar-refractivity contribution in [1.82, 2.24) is 10.2 Å². The van der Waals surface area contributed by atoms with Gasteiger partial charge in [-0.2, -0.15) is 0 Å².